The summed E-state index contributed by atoms with van der Waals surface area (Å²) in [5.41, 5.74) is 3.29. The summed E-state index contributed by atoms with van der Waals surface area (Å²) in [4.78, 5) is 28.8. The van der Waals surface area contributed by atoms with Crippen LogP contribution in [0.1, 0.15) is 11.1 Å². The molecule has 1 amide bonds. The lowest BCUT2D eigenvalue weighted by Gasteiger charge is -2.49. The van der Waals surface area contributed by atoms with Gasteiger partial charge in [-0.25, -0.2) is 4.39 Å². The highest BCUT2D eigenvalue weighted by molar-refractivity contribution is 5.82. The second-order valence-electron chi connectivity index (χ2n) is 8.73. The zero-order chi connectivity index (χ0) is 23.7. The van der Waals surface area contributed by atoms with E-state index in [0.29, 0.717) is 25.1 Å². The van der Waals surface area contributed by atoms with Crippen molar-refractivity contribution in [2.45, 2.75) is 19.0 Å². The van der Waals surface area contributed by atoms with E-state index in [1.165, 1.54) is 12.1 Å². The molecule has 7 nitrogen and oxygen atoms in total. The lowest BCUT2D eigenvalue weighted by Crippen LogP contribution is -2.61. The summed E-state index contributed by atoms with van der Waals surface area (Å²) in [6.45, 7) is 2.22. The summed E-state index contributed by atoms with van der Waals surface area (Å²) in [6.07, 6.45) is 0.393. The number of piperazine rings is 1. The topological polar surface area (TPSA) is 78.7 Å². The molecule has 5 rings (SSSR count). The van der Waals surface area contributed by atoms with Crippen molar-refractivity contribution in [3.63, 3.8) is 0 Å². The van der Waals surface area contributed by atoms with Crippen LogP contribution in [-0.2, 0) is 17.8 Å². The number of rotatable bonds is 5. The van der Waals surface area contributed by atoms with Crippen LogP contribution in [0.4, 0.5) is 21.5 Å². The number of anilines is 2. The molecule has 174 valence electrons. The number of para-hydroxylation sites is 1. The van der Waals surface area contributed by atoms with E-state index in [1.807, 2.05) is 18.2 Å². The van der Waals surface area contributed by atoms with Gasteiger partial charge in [0.05, 0.1) is 16.9 Å². The number of carbonyl (C=O) groups excluding carboxylic acids is 1. The molecule has 2 aliphatic heterocycles. The van der Waals surface area contributed by atoms with Crippen LogP contribution < -0.4 is 15.1 Å². The van der Waals surface area contributed by atoms with Crippen LogP contribution in [0.25, 0.3) is 0 Å². The second kappa shape index (κ2) is 9.13. The third-order valence-electron chi connectivity index (χ3n) is 6.78. The van der Waals surface area contributed by atoms with Crippen molar-refractivity contribution in [2.24, 2.45) is 5.92 Å². The van der Waals surface area contributed by atoms with Gasteiger partial charge in [0, 0.05) is 55.2 Å². The van der Waals surface area contributed by atoms with Gasteiger partial charge >= 0.3 is 0 Å². The lowest BCUT2D eigenvalue weighted by molar-refractivity contribution is -0.384. The van der Waals surface area contributed by atoms with Crippen LogP contribution in [0.5, 0.6) is 0 Å². The number of carbonyl (C=O) groups is 1. The minimum atomic E-state index is -0.423. The zero-order valence-electron chi connectivity index (χ0n) is 18.6. The maximum Gasteiger partial charge on any atom is 0.269 e. The Morgan fingerprint density at radius 2 is 1.82 bits per heavy atom. The number of halogens is 1. The molecule has 0 radical (unpaired) electrons. The number of non-ortho nitro benzene ring substituents is 1. The molecule has 2 heterocycles. The third kappa shape index (κ3) is 4.19. The van der Waals surface area contributed by atoms with E-state index in [0.717, 1.165) is 23.5 Å². The van der Waals surface area contributed by atoms with Gasteiger partial charge in [-0.3, -0.25) is 14.9 Å². The molecule has 0 aliphatic carbocycles. The van der Waals surface area contributed by atoms with Crippen LogP contribution in [0, 0.1) is 21.8 Å². The Morgan fingerprint density at radius 3 is 2.59 bits per heavy atom. The number of hydrogen-bond donors (Lipinski definition) is 1. The van der Waals surface area contributed by atoms with Crippen molar-refractivity contribution in [2.75, 3.05) is 29.4 Å². The fourth-order valence-corrected chi connectivity index (χ4v) is 5.05. The molecule has 1 saturated heterocycles. The smallest absolute Gasteiger partial charge is 0.269 e. The Bertz CT molecular complexity index is 1220. The first-order valence-electron chi connectivity index (χ1n) is 11.4. The van der Waals surface area contributed by atoms with E-state index in [9.17, 15) is 19.3 Å². The Morgan fingerprint density at radius 1 is 1.06 bits per heavy atom. The van der Waals surface area contributed by atoms with E-state index < -0.39 is 10.8 Å². The highest BCUT2D eigenvalue weighted by atomic mass is 19.1. The van der Waals surface area contributed by atoms with Gasteiger partial charge in [0.15, 0.2) is 0 Å². The zero-order valence-corrected chi connectivity index (χ0v) is 18.6. The molecule has 2 atom stereocenters. The van der Waals surface area contributed by atoms with Gasteiger partial charge in [0.1, 0.15) is 5.82 Å². The van der Waals surface area contributed by atoms with E-state index in [-0.39, 0.29) is 30.0 Å². The number of nitrogens with zero attached hydrogens (tertiary/aromatic N) is 3. The number of amides is 1. The summed E-state index contributed by atoms with van der Waals surface area (Å²) in [5, 5.41) is 14.3. The predicted molar refractivity (Wildman–Crippen MR) is 128 cm³/mol. The Balaban J connectivity index is 1.44. The van der Waals surface area contributed by atoms with E-state index in [1.54, 1.807) is 30.3 Å². The van der Waals surface area contributed by atoms with Crippen LogP contribution >= 0.6 is 0 Å². The summed E-state index contributed by atoms with van der Waals surface area (Å²) in [7, 11) is 0. The third-order valence-corrected chi connectivity index (χ3v) is 6.78. The predicted octanol–water partition coefficient (Wildman–Crippen LogP) is 3.92. The van der Waals surface area contributed by atoms with Crippen LogP contribution in [-0.4, -0.2) is 36.5 Å². The van der Waals surface area contributed by atoms with Crippen molar-refractivity contribution in [1.82, 2.24) is 5.32 Å². The molecule has 3 aromatic carbocycles. The van der Waals surface area contributed by atoms with Crippen molar-refractivity contribution >= 4 is 23.0 Å². The van der Waals surface area contributed by atoms with Crippen molar-refractivity contribution in [1.29, 1.82) is 0 Å². The number of benzene rings is 3. The summed E-state index contributed by atoms with van der Waals surface area (Å²) >= 11 is 0. The number of nitrogens with one attached hydrogen (secondary N) is 1. The van der Waals surface area contributed by atoms with Gasteiger partial charge in [-0.05, 0) is 36.2 Å². The molecule has 1 N–H and O–H groups in total. The second-order valence-corrected chi connectivity index (χ2v) is 8.73. The standard InChI is InChI=1S/C26H25FN4O3/c27-23-9-5-4-6-18(23)16-28-26(32)22-15-19-14-21(31(33)34)10-11-24(19)30-13-12-29(17-25(22)30)20-7-2-1-3-8-20/h1-11,14,22,25H,12-13,15-17H2,(H,28,32)/t22-,25+/m1/s1. The fourth-order valence-electron chi connectivity index (χ4n) is 5.05. The van der Waals surface area contributed by atoms with Crippen LogP contribution in [0.15, 0.2) is 72.8 Å². The molecule has 0 spiro atoms. The van der Waals surface area contributed by atoms with Crippen LogP contribution in [0.3, 0.4) is 0 Å². The maximum absolute atomic E-state index is 14.1. The Hall–Kier alpha value is -3.94. The van der Waals surface area contributed by atoms with Crippen molar-refractivity contribution in [3.8, 4) is 0 Å². The molecule has 0 aromatic heterocycles. The van der Waals surface area contributed by atoms with Gasteiger partial charge in [-0.1, -0.05) is 36.4 Å². The van der Waals surface area contributed by atoms with Gasteiger partial charge in [0.2, 0.25) is 5.91 Å². The highest BCUT2D eigenvalue weighted by Crippen LogP contribution is 2.38. The monoisotopic (exact) mass is 460 g/mol. The molecular formula is C26H25FN4O3. The van der Waals surface area contributed by atoms with Crippen LogP contribution in [0.2, 0.25) is 0 Å². The van der Waals surface area contributed by atoms with E-state index in [4.69, 9.17) is 0 Å². The first-order chi connectivity index (χ1) is 16.5. The lowest BCUT2D eigenvalue weighted by atomic mass is 9.83. The maximum atomic E-state index is 14.1. The minimum Gasteiger partial charge on any atom is -0.368 e. The Labute approximate surface area is 197 Å². The fraction of sp³-hybridized carbons (Fsp3) is 0.269. The molecule has 0 saturated carbocycles. The number of hydrogen-bond acceptors (Lipinski definition) is 5. The molecule has 2 aliphatic rings. The number of fused-ring (bicyclic) bond motifs is 3. The highest BCUT2D eigenvalue weighted by Gasteiger charge is 2.42. The quantitative estimate of drug-likeness (QED) is 0.461. The number of nitro groups is 1. The first-order valence-corrected chi connectivity index (χ1v) is 11.4. The molecule has 0 bridgehead atoms. The van der Waals surface area contributed by atoms with Crippen molar-refractivity contribution in [3.05, 3.63) is 99.9 Å². The normalized spacial score (nSPS) is 19.2. The average molecular weight is 461 g/mol. The van der Waals surface area contributed by atoms with Gasteiger partial charge < -0.3 is 15.1 Å². The molecular weight excluding hydrogens is 435 g/mol. The largest absolute Gasteiger partial charge is 0.368 e. The molecule has 0 unspecified atom stereocenters. The van der Waals surface area contributed by atoms with Gasteiger partial charge in [0.25, 0.3) is 5.69 Å². The van der Waals surface area contributed by atoms with Gasteiger partial charge in [-0.2, -0.15) is 0 Å². The van der Waals surface area contributed by atoms with Gasteiger partial charge in [-0.15, -0.1) is 0 Å². The van der Waals surface area contributed by atoms with E-state index in [2.05, 4.69) is 27.2 Å². The molecule has 1 fully saturated rings. The van der Waals surface area contributed by atoms with E-state index >= 15 is 0 Å². The number of nitro benzene ring substituents is 1. The Kier molecular flexibility index (Phi) is 5.88. The minimum absolute atomic E-state index is 0.0191. The summed E-state index contributed by atoms with van der Waals surface area (Å²) in [6, 6.07) is 21.3. The first kappa shape index (κ1) is 21.9. The average Bonchev–Trinajstić information content (AvgIpc) is 2.87. The summed E-state index contributed by atoms with van der Waals surface area (Å²) < 4.78 is 14.1. The molecule has 34 heavy (non-hydrogen) atoms. The molecule has 3 aromatic rings. The van der Waals surface area contributed by atoms with Crippen molar-refractivity contribution < 1.29 is 14.1 Å². The molecule has 8 heteroatoms. The SMILES string of the molecule is O=C(NCc1ccccc1F)[C@@H]1Cc2cc([N+](=O)[O-])ccc2N2CCN(c3ccccc3)C[C@@H]12. The summed E-state index contributed by atoms with van der Waals surface area (Å²) in [5.74, 6) is -0.958.